The van der Waals surface area contributed by atoms with Gasteiger partial charge in [-0.1, -0.05) is 52.2 Å². The SMILES string of the molecule is CCCCCCC(=O)Nc1ccc(N2CCN(c3ccccc3OC)CC2)c(C(=O)NCC(C)C)c1. The first-order chi connectivity index (χ1) is 17.4. The summed E-state index contributed by atoms with van der Waals surface area (Å²) in [4.78, 5) is 30.2. The zero-order valence-electron chi connectivity index (χ0n) is 22.3. The summed E-state index contributed by atoms with van der Waals surface area (Å²) < 4.78 is 5.55. The minimum absolute atomic E-state index is 0.00202. The van der Waals surface area contributed by atoms with Crippen LogP contribution >= 0.6 is 0 Å². The molecule has 2 amide bonds. The number of hydrogen-bond donors (Lipinski definition) is 2. The monoisotopic (exact) mass is 494 g/mol. The summed E-state index contributed by atoms with van der Waals surface area (Å²) in [6.45, 7) is 10.1. The number of unbranched alkanes of at least 4 members (excludes halogenated alkanes) is 3. The standard InChI is InChI=1S/C29H42N4O3/c1-5-6-7-8-13-28(34)31-23-14-15-25(24(20-23)29(35)30-21-22(2)3)32-16-18-33(19-17-32)26-11-9-10-12-27(26)36-4/h9-12,14-15,20,22H,5-8,13,16-19,21H2,1-4H3,(H,30,35)(H,31,34). The van der Waals surface area contributed by atoms with Gasteiger partial charge in [0.15, 0.2) is 0 Å². The van der Waals surface area contributed by atoms with Gasteiger partial charge in [0.05, 0.1) is 18.4 Å². The van der Waals surface area contributed by atoms with Gasteiger partial charge in [0.1, 0.15) is 5.75 Å². The maximum atomic E-state index is 13.2. The largest absolute Gasteiger partial charge is 0.495 e. The van der Waals surface area contributed by atoms with Crippen LogP contribution in [-0.2, 0) is 4.79 Å². The molecular weight excluding hydrogens is 452 g/mol. The lowest BCUT2D eigenvalue weighted by Crippen LogP contribution is -2.47. The van der Waals surface area contributed by atoms with Gasteiger partial charge in [-0.15, -0.1) is 0 Å². The van der Waals surface area contributed by atoms with Crippen LogP contribution < -0.4 is 25.2 Å². The minimum atomic E-state index is -0.107. The molecule has 0 atom stereocenters. The molecule has 0 radical (unpaired) electrons. The van der Waals surface area contributed by atoms with Crippen molar-refractivity contribution in [2.45, 2.75) is 52.9 Å². The lowest BCUT2D eigenvalue weighted by molar-refractivity contribution is -0.116. The Kier molecular flexibility index (Phi) is 10.5. The number of methoxy groups -OCH3 is 1. The van der Waals surface area contributed by atoms with E-state index in [1.807, 2.05) is 36.4 Å². The van der Waals surface area contributed by atoms with Crippen molar-refractivity contribution in [2.24, 2.45) is 5.92 Å². The number of carbonyl (C=O) groups is 2. The fourth-order valence-corrected chi connectivity index (χ4v) is 4.48. The van der Waals surface area contributed by atoms with Gasteiger partial charge in [-0.2, -0.15) is 0 Å². The van der Waals surface area contributed by atoms with Crippen LogP contribution in [0.5, 0.6) is 5.75 Å². The lowest BCUT2D eigenvalue weighted by atomic mass is 10.1. The summed E-state index contributed by atoms with van der Waals surface area (Å²) in [6.07, 6.45) is 4.74. The number of anilines is 3. The molecule has 0 spiro atoms. The number of amides is 2. The van der Waals surface area contributed by atoms with Crippen molar-refractivity contribution >= 4 is 28.9 Å². The van der Waals surface area contributed by atoms with E-state index in [4.69, 9.17) is 4.74 Å². The van der Waals surface area contributed by atoms with Crippen LogP contribution in [-0.4, -0.2) is 51.6 Å². The zero-order valence-corrected chi connectivity index (χ0v) is 22.3. The summed E-state index contributed by atoms with van der Waals surface area (Å²) in [7, 11) is 1.70. The van der Waals surface area contributed by atoms with Gasteiger partial charge in [-0.05, 0) is 42.7 Å². The zero-order chi connectivity index (χ0) is 25.9. The smallest absolute Gasteiger partial charge is 0.253 e. The van der Waals surface area contributed by atoms with E-state index in [2.05, 4.69) is 47.3 Å². The van der Waals surface area contributed by atoms with Gasteiger partial charge in [0.2, 0.25) is 5.91 Å². The van der Waals surface area contributed by atoms with Crippen molar-refractivity contribution in [1.82, 2.24) is 5.32 Å². The van der Waals surface area contributed by atoms with Crippen molar-refractivity contribution in [3.8, 4) is 5.75 Å². The predicted octanol–water partition coefficient (Wildman–Crippen LogP) is 5.32. The van der Waals surface area contributed by atoms with E-state index >= 15 is 0 Å². The number of nitrogens with one attached hydrogen (secondary N) is 2. The van der Waals surface area contributed by atoms with Crippen molar-refractivity contribution in [3.63, 3.8) is 0 Å². The van der Waals surface area contributed by atoms with Crippen LogP contribution in [0, 0.1) is 5.92 Å². The van der Waals surface area contributed by atoms with Crippen molar-refractivity contribution < 1.29 is 14.3 Å². The Bertz CT molecular complexity index is 1000. The average Bonchev–Trinajstić information content (AvgIpc) is 2.89. The van der Waals surface area contributed by atoms with Crippen LogP contribution in [0.1, 0.15) is 63.2 Å². The highest BCUT2D eigenvalue weighted by molar-refractivity contribution is 6.02. The summed E-state index contributed by atoms with van der Waals surface area (Å²) in [6, 6.07) is 13.8. The molecule has 1 saturated heterocycles. The second kappa shape index (κ2) is 13.8. The second-order valence-corrected chi connectivity index (χ2v) is 9.84. The van der Waals surface area contributed by atoms with Crippen LogP contribution in [0.2, 0.25) is 0 Å². The molecule has 196 valence electrons. The number of benzene rings is 2. The number of hydrogen-bond acceptors (Lipinski definition) is 5. The lowest BCUT2D eigenvalue weighted by Gasteiger charge is -2.38. The highest BCUT2D eigenvalue weighted by Gasteiger charge is 2.24. The van der Waals surface area contributed by atoms with Crippen LogP contribution in [0.3, 0.4) is 0 Å². The molecule has 0 saturated carbocycles. The van der Waals surface area contributed by atoms with Crippen molar-refractivity contribution in [1.29, 1.82) is 0 Å². The Balaban J connectivity index is 1.73. The normalized spacial score (nSPS) is 13.6. The Morgan fingerprint density at radius 3 is 2.31 bits per heavy atom. The number of ether oxygens (including phenoxy) is 1. The van der Waals surface area contributed by atoms with Gasteiger partial charge in [-0.3, -0.25) is 9.59 Å². The molecule has 1 heterocycles. The number of rotatable bonds is 12. The van der Waals surface area contributed by atoms with E-state index in [1.165, 1.54) is 0 Å². The quantitative estimate of drug-likeness (QED) is 0.391. The first-order valence-electron chi connectivity index (χ1n) is 13.3. The highest BCUT2D eigenvalue weighted by Crippen LogP contribution is 2.31. The number of piperazine rings is 1. The minimum Gasteiger partial charge on any atom is -0.495 e. The molecule has 36 heavy (non-hydrogen) atoms. The summed E-state index contributed by atoms with van der Waals surface area (Å²) in [5.74, 6) is 1.12. The number of carbonyl (C=O) groups excluding carboxylic acids is 2. The molecule has 2 N–H and O–H groups in total. The fraction of sp³-hybridized carbons (Fsp3) is 0.517. The molecule has 0 unspecified atom stereocenters. The maximum Gasteiger partial charge on any atom is 0.253 e. The van der Waals surface area contributed by atoms with E-state index < -0.39 is 0 Å². The maximum absolute atomic E-state index is 13.2. The fourth-order valence-electron chi connectivity index (χ4n) is 4.48. The van der Waals surface area contributed by atoms with E-state index in [0.29, 0.717) is 30.1 Å². The van der Waals surface area contributed by atoms with E-state index in [9.17, 15) is 9.59 Å². The average molecular weight is 495 g/mol. The van der Waals surface area contributed by atoms with E-state index in [1.54, 1.807) is 7.11 Å². The van der Waals surface area contributed by atoms with Crippen molar-refractivity contribution in [3.05, 3.63) is 48.0 Å². The Morgan fingerprint density at radius 2 is 1.64 bits per heavy atom. The van der Waals surface area contributed by atoms with E-state index in [-0.39, 0.29) is 11.8 Å². The molecule has 7 nitrogen and oxygen atoms in total. The molecule has 7 heteroatoms. The number of nitrogens with zero attached hydrogens (tertiary/aromatic N) is 2. The molecule has 1 aliphatic heterocycles. The Morgan fingerprint density at radius 1 is 0.944 bits per heavy atom. The van der Waals surface area contributed by atoms with Crippen molar-refractivity contribution in [2.75, 3.05) is 55.0 Å². The summed E-state index contributed by atoms with van der Waals surface area (Å²) in [5.41, 5.74) is 3.26. The molecule has 3 rings (SSSR count). The second-order valence-electron chi connectivity index (χ2n) is 9.84. The summed E-state index contributed by atoms with van der Waals surface area (Å²) in [5, 5.41) is 6.04. The third-order valence-corrected chi connectivity index (χ3v) is 6.50. The third kappa shape index (κ3) is 7.64. The molecule has 1 fully saturated rings. The first-order valence-corrected chi connectivity index (χ1v) is 13.3. The van der Waals surface area contributed by atoms with Gasteiger partial charge in [0, 0.05) is 50.5 Å². The molecule has 2 aromatic rings. The first kappa shape index (κ1) is 27.4. The molecule has 2 aromatic carbocycles. The molecule has 0 aliphatic carbocycles. The Hall–Kier alpha value is -3.22. The molecule has 0 bridgehead atoms. The van der Waals surface area contributed by atoms with Gasteiger partial charge >= 0.3 is 0 Å². The summed E-state index contributed by atoms with van der Waals surface area (Å²) >= 11 is 0. The van der Waals surface area contributed by atoms with E-state index in [0.717, 1.165) is 69.0 Å². The van der Waals surface area contributed by atoms with Gasteiger partial charge in [0.25, 0.3) is 5.91 Å². The molecule has 0 aromatic heterocycles. The topological polar surface area (TPSA) is 73.9 Å². The third-order valence-electron chi connectivity index (χ3n) is 6.50. The van der Waals surface area contributed by atoms with Crippen LogP contribution in [0.4, 0.5) is 17.1 Å². The number of para-hydroxylation sites is 2. The molecular formula is C29H42N4O3. The van der Waals surface area contributed by atoms with Crippen LogP contribution in [0.25, 0.3) is 0 Å². The van der Waals surface area contributed by atoms with Crippen LogP contribution in [0.15, 0.2) is 42.5 Å². The molecule has 1 aliphatic rings. The predicted molar refractivity (Wildman–Crippen MR) is 148 cm³/mol. The van der Waals surface area contributed by atoms with Gasteiger partial charge < -0.3 is 25.2 Å². The highest BCUT2D eigenvalue weighted by atomic mass is 16.5. The van der Waals surface area contributed by atoms with Gasteiger partial charge in [-0.25, -0.2) is 0 Å². The Labute approximate surface area is 216 Å².